The molecule has 180 valence electrons. The van der Waals surface area contributed by atoms with Crippen LogP contribution in [0, 0.1) is 5.82 Å². The van der Waals surface area contributed by atoms with Gasteiger partial charge in [0, 0.05) is 22.2 Å². The van der Waals surface area contributed by atoms with Gasteiger partial charge in [0.05, 0.1) is 21.7 Å². The quantitative estimate of drug-likeness (QED) is 0.318. The van der Waals surface area contributed by atoms with E-state index in [2.05, 4.69) is 9.71 Å². The molecule has 1 heterocycles. The van der Waals surface area contributed by atoms with E-state index < -0.39 is 27.2 Å². The van der Waals surface area contributed by atoms with Gasteiger partial charge in [-0.25, -0.2) is 17.6 Å². The molecule has 0 spiro atoms. The number of halogens is 2. The van der Waals surface area contributed by atoms with E-state index in [9.17, 15) is 22.7 Å². The van der Waals surface area contributed by atoms with E-state index in [-0.39, 0.29) is 21.7 Å². The highest BCUT2D eigenvalue weighted by Gasteiger charge is 2.23. The molecule has 0 amide bonds. The first-order valence-corrected chi connectivity index (χ1v) is 12.5. The number of hydrogen-bond donors (Lipinski definition) is 2. The van der Waals surface area contributed by atoms with Crippen molar-refractivity contribution in [2.75, 3.05) is 4.72 Å². The highest BCUT2D eigenvalue weighted by Crippen LogP contribution is 2.37. The molecule has 0 aliphatic heterocycles. The topological polar surface area (TPSA) is 96.4 Å². The Bertz CT molecular complexity index is 1580. The molecule has 4 rings (SSSR count). The lowest BCUT2D eigenvalue weighted by molar-refractivity contribution is 0.0699. The number of carbonyl (C=O) groups is 1. The lowest BCUT2D eigenvalue weighted by Gasteiger charge is -2.20. The third-order valence-electron chi connectivity index (χ3n) is 5.58. The molecule has 6 nitrogen and oxygen atoms in total. The molecule has 1 aromatic heterocycles. The summed E-state index contributed by atoms with van der Waals surface area (Å²) in [6, 6.07) is 14.8. The highest BCUT2D eigenvalue weighted by atomic mass is 35.5. The molecule has 0 saturated heterocycles. The SMILES string of the molecule is CC(C)(C)c1ccc(S(=O)(=O)Nc2ccc(Cl)cc2-c2ccc(C(=O)O)c3ncccc23)cc1F. The average Bonchev–Trinajstić information content (AvgIpc) is 2.78. The number of aromatic carboxylic acids is 1. The summed E-state index contributed by atoms with van der Waals surface area (Å²) >= 11 is 6.23. The molecule has 0 unspecified atom stereocenters. The van der Waals surface area contributed by atoms with Crippen molar-refractivity contribution in [3.05, 3.63) is 88.8 Å². The summed E-state index contributed by atoms with van der Waals surface area (Å²) in [5, 5.41) is 10.4. The third kappa shape index (κ3) is 4.85. The second-order valence-electron chi connectivity index (χ2n) is 9.05. The van der Waals surface area contributed by atoms with Gasteiger partial charge in [0.2, 0.25) is 0 Å². The molecule has 9 heteroatoms. The molecule has 4 aromatic rings. The molecular weight excluding hydrogens is 491 g/mol. The van der Waals surface area contributed by atoms with Crippen LogP contribution in [0.2, 0.25) is 5.02 Å². The van der Waals surface area contributed by atoms with E-state index in [0.717, 1.165) is 6.07 Å². The van der Waals surface area contributed by atoms with Gasteiger partial charge >= 0.3 is 5.97 Å². The molecule has 35 heavy (non-hydrogen) atoms. The summed E-state index contributed by atoms with van der Waals surface area (Å²) in [4.78, 5) is 15.6. The van der Waals surface area contributed by atoms with E-state index >= 15 is 0 Å². The maximum atomic E-state index is 14.7. The number of hydrogen-bond acceptors (Lipinski definition) is 4. The zero-order valence-electron chi connectivity index (χ0n) is 19.1. The van der Waals surface area contributed by atoms with Crippen molar-refractivity contribution < 1.29 is 22.7 Å². The third-order valence-corrected chi connectivity index (χ3v) is 7.17. The molecule has 0 saturated carbocycles. The fraction of sp³-hybridized carbons (Fsp3) is 0.154. The minimum absolute atomic E-state index is 0.0166. The number of fused-ring (bicyclic) bond motifs is 1. The molecule has 0 bridgehead atoms. The van der Waals surface area contributed by atoms with Crippen LogP contribution < -0.4 is 4.72 Å². The molecule has 0 aliphatic carbocycles. The fourth-order valence-electron chi connectivity index (χ4n) is 3.88. The molecule has 3 aromatic carbocycles. The maximum absolute atomic E-state index is 14.7. The Balaban J connectivity index is 1.84. The minimum Gasteiger partial charge on any atom is -0.478 e. The van der Waals surface area contributed by atoms with Crippen molar-refractivity contribution in [3.8, 4) is 11.1 Å². The van der Waals surface area contributed by atoms with Gasteiger partial charge in [0.1, 0.15) is 5.82 Å². The second kappa shape index (κ2) is 8.94. The van der Waals surface area contributed by atoms with Gasteiger partial charge < -0.3 is 5.11 Å². The standard InChI is InChI=1S/C26H22ClFN2O4S/c1-26(2,3)21-10-7-16(14-22(21)28)35(33,34)30-23-11-6-15(27)13-20(23)17-8-9-19(25(31)32)24-18(17)5-4-12-29-24/h4-14,30H,1-3H3,(H,31,32). The van der Waals surface area contributed by atoms with Crippen LogP contribution in [-0.2, 0) is 15.4 Å². The Kier molecular flexibility index (Phi) is 6.29. The van der Waals surface area contributed by atoms with Crippen LogP contribution in [0.1, 0.15) is 36.7 Å². The van der Waals surface area contributed by atoms with Crippen LogP contribution in [0.4, 0.5) is 10.1 Å². The zero-order valence-corrected chi connectivity index (χ0v) is 20.7. The molecule has 0 atom stereocenters. The maximum Gasteiger partial charge on any atom is 0.337 e. The molecule has 0 aliphatic rings. The lowest BCUT2D eigenvalue weighted by Crippen LogP contribution is -2.17. The van der Waals surface area contributed by atoms with Gasteiger partial charge in [-0.2, -0.15) is 0 Å². The van der Waals surface area contributed by atoms with E-state index in [1.165, 1.54) is 36.5 Å². The van der Waals surface area contributed by atoms with Crippen molar-refractivity contribution in [1.29, 1.82) is 0 Å². The number of carboxylic acid groups (broad SMARTS) is 1. The Morgan fingerprint density at radius 2 is 1.77 bits per heavy atom. The van der Waals surface area contributed by atoms with Crippen LogP contribution in [0.3, 0.4) is 0 Å². The summed E-state index contributed by atoms with van der Waals surface area (Å²) in [6.07, 6.45) is 1.48. The average molecular weight is 513 g/mol. The van der Waals surface area contributed by atoms with Crippen molar-refractivity contribution in [2.24, 2.45) is 0 Å². The number of pyridine rings is 1. The van der Waals surface area contributed by atoms with Crippen LogP contribution in [0.15, 0.2) is 71.8 Å². The second-order valence-corrected chi connectivity index (χ2v) is 11.2. The summed E-state index contributed by atoms with van der Waals surface area (Å²) in [6.45, 7) is 5.52. The van der Waals surface area contributed by atoms with Gasteiger partial charge in [-0.15, -0.1) is 0 Å². The predicted octanol–water partition coefficient (Wildman–Crippen LogP) is 6.49. The summed E-state index contributed by atoms with van der Waals surface area (Å²) < 4.78 is 43.6. The molecule has 2 N–H and O–H groups in total. The number of carboxylic acids is 1. The van der Waals surface area contributed by atoms with E-state index in [4.69, 9.17) is 11.6 Å². The van der Waals surface area contributed by atoms with Gasteiger partial charge in [-0.05, 0) is 59.0 Å². The normalized spacial score (nSPS) is 12.0. The van der Waals surface area contributed by atoms with Gasteiger partial charge in [-0.1, -0.05) is 50.6 Å². The Morgan fingerprint density at radius 3 is 2.43 bits per heavy atom. The first kappa shape index (κ1) is 24.6. The van der Waals surface area contributed by atoms with Gasteiger partial charge in [0.25, 0.3) is 10.0 Å². The summed E-state index contributed by atoms with van der Waals surface area (Å²) in [5.74, 6) is -1.74. The van der Waals surface area contributed by atoms with Crippen LogP contribution in [0.5, 0.6) is 0 Å². The number of anilines is 1. The van der Waals surface area contributed by atoms with Crippen molar-refractivity contribution in [1.82, 2.24) is 4.98 Å². The molecule has 0 radical (unpaired) electrons. The largest absolute Gasteiger partial charge is 0.478 e. The predicted molar refractivity (Wildman–Crippen MR) is 135 cm³/mol. The minimum atomic E-state index is -4.16. The smallest absolute Gasteiger partial charge is 0.337 e. The zero-order chi connectivity index (χ0) is 25.5. The van der Waals surface area contributed by atoms with E-state index in [1.807, 2.05) is 20.8 Å². The highest BCUT2D eigenvalue weighted by molar-refractivity contribution is 7.92. The molecule has 0 fully saturated rings. The van der Waals surface area contributed by atoms with E-state index in [1.54, 1.807) is 24.3 Å². The first-order chi connectivity index (χ1) is 16.4. The van der Waals surface area contributed by atoms with Crippen LogP contribution in [0.25, 0.3) is 22.0 Å². The Hall–Kier alpha value is -3.49. The Morgan fingerprint density at radius 1 is 1.03 bits per heavy atom. The number of nitrogens with zero attached hydrogens (tertiary/aromatic N) is 1. The number of nitrogens with one attached hydrogen (secondary N) is 1. The number of rotatable bonds is 5. The fourth-order valence-corrected chi connectivity index (χ4v) is 5.15. The molecular formula is C26H22ClFN2O4S. The van der Waals surface area contributed by atoms with Gasteiger partial charge in [-0.3, -0.25) is 9.71 Å². The van der Waals surface area contributed by atoms with E-state index in [0.29, 0.717) is 27.1 Å². The van der Waals surface area contributed by atoms with Crippen molar-refractivity contribution >= 4 is 44.2 Å². The van der Waals surface area contributed by atoms with Crippen LogP contribution >= 0.6 is 11.6 Å². The number of aromatic nitrogens is 1. The van der Waals surface area contributed by atoms with Crippen molar-refractivity contribution in [3.63, 3.8) is 0 Å². The van der Waals surface area contributed by atoms with Crippen molar-refractivity contribution in [2.45, 2.75) is 31.1 Å². The number of benzene rings is 3. The first-order valence-electron chi connectivity index (χ1n) is 10.6. The summed E-state index contributed by atoms with van der Waals surface area (Å²) in [5.41, 5.74) is 1.34. The number of sulfonamides is 1. The monoisotopic (exact) mass is 512 g/mol. The Labute approximate surface area is 207 Å². The van der Waals surface area contributed by atoms with Gasteiger partial charge in [0.15, 0.2) is 0 Å². The van der Waals surface area contributed by atoms with Crippen LogP contribution in [-0.4, -0.2) is 24.5 Å². The lowest BCUT2D eigenvalue weighted by atomic mass is 9.87. The summed E-state index contributed by atoms with van der Waals surface area (Å²) in [7, 11) is -4.16.